The van der Waals surface area contributed by atoms with E-state index in [0.29, 0.717) is 13.0 Å². The maximum atomic E-state index is 11.9. The van der Waals surface area contributed by atoms with Gasteiger partial charge in [0.05, 0.1) is 12.0 Å². The molecule has 1 N–H and O–H groups in total. The molecule has 1 aromatic rings. The van der Waals surface area contributed by atoms with Crippen LogP contribution in [0.25, 0.3) is 0 Å². The molecule has 1 amide bonds. The molecule has 1 aliphatic heterocycles. The smallest absolute Gasteiger partial charge is 0.225 e. The van der Waals surface area contributed by atoms with E-state index in [1.807, 2.05) is 12.3 Å². The van der Waals surface area contributed by atoms with Crippen LogP contribution in [0, 0.1) is 0 Å². The lowest BCUT2D eigenvalue weighted by Crippen LogP contribution is -2.50. The van der Waals surface area contributed by atoms with Crippen molar-refractivity contribution in [3.05, 3.63) is 24.0 Å². The average Bonchev–Trinajstić information content (AvgIpc) is 2.46. The van der Waals surface area contributed by atoms with Gasteiger partial charge in [0, 0.05) is 44.8 Å². The Balaban J connectivity index is 2.10. The van der Waals surface area contributed by atoms with E-state index in [1.54, 1.807) is 19.0 Å². The van der Waals surface area contributed by atoms with E-state index in [4.69, 9.17) is 0 Å². The predicted molar refractivity (Wildman–Crippen MR) is 83.3 cm³/mol. The van der Waals surface area contributed by atoms with Gasteiger partial charge in [-0.25, -0.2) is 0 Å². The Bertz CT molecular complexity index is 504. The van der Waals surface area contributed by atoms with E-state index in [-0.39, 0.29) is 12.3 Å². The molecular formula is C16H25N3O2. The normalized spacial score (nSPS) is 22.2. The van der Waals surface area contributed by atoms with Crippen LogP contribution in [0.1, 0.15) is 31.9 Å². The summed E-state index contributed by atoms with van der Waals surface area (Å²) in [4.78, 5) is 19.9. The summed E-state index contributed by atoms with van der Waals surface area (Å²) in [5.74, 6) is -0.0247. The number of β-amino-alcohol motifs (C(OH)–C–C–N with tert-alkyl or cyclic N) is 1. The van der Waals surface area contributed by atoms with E-state index < -0.39 is 5.60 Å². The number of amides is 1. The van der Waals surface area contributed by atoms with Crippen molar-refractivity contribution >= 4 is 11.6 Å². The van der Waals surface area contributed by atoms with Crippen LogP contribution >= 0.6 is 0 Å². The number of piperidine rings is 1. The summed E-state index contributed by atoms with van der Waals surface area (Å²) in [6, 6.07) is 4.04. The van der Waals surface area contributed by atoms with Gasteiger partial charge in [-0.2, -0.15) is 0 Å². The molecule has 0 bridgehead atoms. The number of nitrogens with zero attached hydrogens (tertiary/aromatic N) is 3. The van der Waals surface area contributed by atoms with Crippen molar-refractivity contribution in [3.63, 3.8) is 0 Å². The molecule has 1 aliphatic rings. The second-order valence-corrected chi connectivity index (χ2v) is 6.07. The molecule has 21 heavy (non-hydrogen) atoms. The Labute approximate surface area is 126 Å². The largest absolute Gasteiger partial charge is 0.388 e. The number of anilines is 1. The molecule has 1 atom stereocenters. The second-order valence-electron chi connectivity index (χ2n) is 6.07. The highest BCUT2D eigenvalue weighted by Crippen LogP contribution is 2.29. The van der Waals surface area contributed by atoms with Crippen LogP contribution in [0.3, 0.4) is 0 Å². The van der Waals surface area contributed by atoms with Crippen molar-refractivity contribution in [1.29, 1.82) is 0 Å². The van der Waals surface area contributed by atoms with Crippen molar-refractivity contribution in [2.75, 3.05) is 32.1 Å². The molecule has 1 fully saturated rings. The molecule has 2 heterocycles. The Morgan fingerprint density at radius 2 is 2.29 bits per heavy atom. The number of carbonyl (C=O) groups is 1. The highest BCUT2D eigenvalue weighted by molar-refractivity contribution is 5.76. The third-order valence-electron chi connectivity index (χ3n) is 4.06. The Morgan fingerprint density at radius 3 is 2.95 bits per heavy atom. The van der Waals surface area contributed by atoms with Crippen molar-refractivity contribution in [2.24, 2.45) is 0 Å². The number of hydrogen-bond donors (Lipinski definition) is 1. The predicted octanol–water partition coefficient (Wildman–Crippen LogP) is 1.45. The van der Waals surface area contributed by atoms with E-state index in [0.717, 1.165) is 30.8 Å². The lowest BCUT2D eigenvalue weighted by molar-refractivity contribution is -0.134. The van der Waals surface area contributed by atoms with Crippen molar-refractivity contribution in [1.82, 2.24) is 9.88 Å². The molecule has 2 rings (SSSR count). The van der Waals surface area contributed by atoms with Crippen LogP contribution in [-0.4, -0.2) is 53.7 Å². The minimum absolute atomic E-state index is 0.0247. The fraction of sp³-hybridized carbons (Fsp3) is 0.625. The third-order valence-corrected chi connectivity index (χ3v) is 4.06. The van der Waals surface area contributed by atoms with Gasteiger partial charge in [0.2, 0.25) is 5.91 Å². The zero-order valence-electron chi connectivity index (χ0n) is 13.2. The summed E-state index contributed by atoms with van der Waals surface area (Å²) in [5, 5.41) is 10.7. The summed E-state index contributed by atoms with van der Waals surface area (Å²) in [7, 11) is 3.45. The fourth-order valence-corrected chi connectivity index (χ4v) is 2.77. The van der Waals surface area contributed by atoms with Gasteiger partial charge in [-0.05, 0) is 31.4 Å². The number of pyridine rings is 1. The van der Waals surface area contributed by atoms with Crippen molar-refractivity contribution in [2.45, 2.75) is 38.2 Å². The van der Waals surface area contributed by atoms with Crippen LogP contribution in [-0.2, 0) is 11.2 Å². The van der Waals surface area contributed by atoms with Gasteiger partial charge in [0.15, 0.2) is 0 Å². The second kappa shape index (κ2) is 6.43. The monoisotopic (exact) mass is 291 g/mol. The fourth-order valence-electron chi connectivity index (χ4n) is 2.77. The van der Waals surface area contributed by atoms with Crippen LogP contribution < -0.4 is 4.90 Å². The summed E-state index contributed by atoms with van der Waals surface area (Å²) >= 11 is 0. The third kappa shape index (κ3) is 3.94. The van der Waals surface area contributed by atoms with Crippen molar-refractivity contribution < 1.29 is 9.90 Å². The molecule has 1 unspecified atom stereocenters. The Kier molecular flexibility index (Phi) is 4.83. The maximum absolute atomic E-state index is 11.9. The zero-order valence-corrected chi connectivity index (χ0v) is 13.2. The molecule has 0 radical (unpaired) electrons. The van der Waals surface area contributed by atoms with Gasteiger partial charge in [0.1, 0.15) is 0 Å². The SMILES string of the molecule is CCc1cc(N2CCCC(O)(CC(=O)N(C)C)C2)ccn1. The molecule has 1 saturated heterocycles. The highest BCUT2D eigenvalue weighted by Gasteiger charge is 2.36. The highest BCUT2D eigenvalue weighted by atomic mass is 16.3. The Hall–Kier alpha value is -1.62. The molecule has 0 saturated carbocycles. The van der Waals surface area contributed by atoms with Gasteiger partial charge in [-0.15, -0.1) is 0 Å². The molecule has 1 aromatic heterocycles. The number of hydrogen-bond acceptors (Lipinski definition) is 4. The summed E-state index contributed by atoms with van der Waals surface area (Å²) in [6.45, 7) is 3.49. The minimum Gasteiger partial charge on any atom is -0.388 e. The molecule has 0 spiro atoms. The number of aryl methyl sites for hydroxylation is 1. The summed E-state index contributed by atoms with van der Waals surface area (Å²) < 4.78 is 0. The minimum atomic E-state index is -0.935. The molecule has 5 heteroatoms. The van der Waals surface area contributed by atoms with Crippen LogP contribution in [0.5, 0.6) is 0 Å². The Morgan fingerprint density at radius 1 is 1.52 bits per heavy atom. The first-order valence-electron chi connectivity index (χ1n) is 7.56. The lowest BCUT2D eigenvalue weighted by Gasteiger charge is -2.40. The molecule has 0 aromatic carbocycles. The van der Waals surface area contributed by atoms with Gasteiger partial charge >= 0.3 is 0 Å². The number of rotatable bonds is 4. The average molecular weight is 291 g/mol. The van der Waals surface area contributed by atoms with Crippen LogP contribution in [0.2, 0.25) is 0 Å². The number of aliphatic hydroxyl groups is 1. The number of aromatic nitrogens is 1. The van der Waals surface area contributed by atoms with Gasteiger partial charge in [-0.1, -0.05) is 6.92 Å². The molecule has 5 nitrogen and oxygen atoms in total. The summed E-state index contributed by atoms with van der Waals surface area (Å²) in [5.41, 5.74) is 1.19. The first-order valence-corrected chi connectivity index (χ1v) is 7.56. The number of carbonyl (C=O) groups excluding carboxylic acids is 1. The quantitative estimate of drug-likeness (QED) is 0.912. The van der Waals surface area contributed by atoms with Gasteiger partial charge in [0.25, 0.3) is 0 Å². The molecule has 0 aliphatic carbocycles. The van der Waals surface area contributed by atoms with Crippen molar-refractivity contribution in [3.8, 4) is 0 Å². The topological polar surface area (TPSA) is 56.7 Å². The lowest BCUT2D eigenvalue weighted by atomic mass is 9.89. The first-order chi connectivity index (χ1) is 9.93. The zero-order chi connectivity index (χ0) is 15.5. The van der Waals surface area contributed by atoms with E-state index >= 15 is 0 Å². The van der Waals surface area contributed by atoms with Gasteiger partial charge in [-0.3, -0.25) is 9.78 Å². The van der Waals surface area contributed by atoms with Crippen LogP contribution in [0.4, 0.5) is 5.69 Å². The van der Waals surface area contributed by atoms with Crippen LogP contribution in [0.15, 0.2) is 18.3 Å². The standard InChI is InChI=1S/C16H25N3O2/c1-4-13-10-14(6-8-17-13)19-9-5-7-16(21,12-19)11-15(20)18(2)3/h6,8,10,21H,4-5,7,9,11-12H2,1-3H3. The van der Waals surface area contributed by atoms with E-state index in [9.17, 15) is 9.90 Å². The first kappa shape index (κ1) is 15.8. The van der Waals surface area contributed by atoms with E-state index in [1.165, 1.54) is 0 Å². The maximum Gasteiger partial charge on any atom is 0.225 e. The van der Waals surface area contributed by atoms with Gasteiger partial charge < -0.3 is 14.9 Å². The molecule has 116 valence electrons. The van der Waals surface area contributed by atoms with E-state index in [2.05, 4.69) is 22.9 Å². The summed E-state index contributed by atoms with van der Waals surface area (Å²) in [6.07, 6.45) is 4.45. The molecular weight excluding hydrogens is 266 g/mol.